The van der Waals surface area contributed by atoms with Crippen LogP contribution in [0.1, 0.15) is 0 Å². The predicted molar refractivity (Wildman–Crippen MR) is 184 cm³/mol. The average molecular weight is 576 g/mol. The maximum absolute atomic E-state index is 6.21. The summed E-state index contributed by atoms with van der Waals surface area (Å²) in [6.07, 6.45) is 0. The van der Waals surface area contributed by atoms with Crippen LogP contribution in [0.15, 0.2) is 156 Å². The standard InChI is InChI=1S/C41H25N3O/c1-3-11-27(12-4-1)39-42-40(28-13-5-2-6-14-28)44-41(43-39)33-23-22-30(31-15-7-8-16-32(31)33)29-20-19-26-21-24-37-38(35(26)25-29)34-17-9-10-18-36(34)45-37/h1-25H. The Morgan fingerprint density at radius 1 is 0.356 bits per heavy atom. The zero-order valence-electron chi connectivity index (χ0n) is 24.2. The molecule has 0 N–H and O–H groups in total. The highest BCUT2D eigenvalue weighted by Crippen LogP contribution is 2.39. The molecule has 7 aromatic carbocycles. The minimum absolute atomic E-state index is 0.649. The van der Waals surface area contributed by atoms with E-state index in [1.807, 2.05) is 72.8 Å². The summed E-state index contributed by atoms with van der Waals surface area (Å²) in [6.45, 7) is 0. The lowest BCUT2D eigenvalue weighted by atomic mass is 9.92. The smallest absolute Gasteiger partial charge is 0.164 e. The van der Waals surface area contributed by atoms with E-state index in [0.717, 1.165) is 60.5 Å². The van der Waals surface area contributed by atoms with Crippen molar-refractivity contribution in [2.75, 3.05) is 0 Å². The number of aromatic nitrogens is 3. The van der Waals surface area contributed by atoms with E-state index in [9.17, 15) is 0 Å². The van der Waals surface area contributed by atoms with Gasteiger partial charge in [-0.15, -0.1) is 0 Å². The number of rotatable bonds is 4. The number of furan rings is 1. The van der Waals surface area contributed by atoms with Gasteiger partial charge >= 0.3 is 0 Å². The van der Waals surface area contributed by atoms with Gasteiger partial charge in [-0.3, -0.25) is 0 Å². The highest BCUT2D eigenvalue weighted by molar-refractivity contribution is 6.19. The molecule has 210 valence electrons. The van der Waals surface area contributed by atoms with E-state index in [1.54, 1.807) is 0 Å². The minimum Gasteiger partial charge on any atom is -0.456 e. The number of hydrogen-bond acceptors (Lipinski definition) is 4. The fourth-order valence-electron chi connectivity index (χ4n) is 6.39. The summed E-state index contributed by atoms with van der Waals surface area (Å²) >= 11 is 0. The molecule has 2 heterocycles. The summed E-state index contributed by atoms with van der Waals surface area (Å²) in [7, 11) is 0. The summed E-state index contributed by atoms with van der Waals surface area (Å²) in [5.74, 6) is 1.95. The highest BCUT2D eigenvalue weighted by Gasteiger charge is 2.17. The minimum atomic E-state index is 0.649. The second-order valence-electron chi connectivity index (χ2n) is 11.2. The molecule has 9 aromatic rings. The number of benzene rings is 7. The Morgan fingerprint density at radius 3 is 1.62 bits per heavy atom. The monoisotopic (exact) mass is 575 g/mol. The number of fused-ring (bicyclic) bond motifs is 6. The van der Waals surface area contributed by atoms with E-state index in [2.05, 4.69) is 78.9 Å². The largest absolute Gasteiger partial charge is 0.456 e. The topological polar surface area (TPSA) is 51.8 Å². The maximum Gasteiger partial charge on any atom is 0.164 e. The Bertz CT molecular complexity index is 2480. The molecule has 45 heavy (non-hydrogen) atoms. The molecule has 0 atom stereocenters. The van der Waals surface area contributed by atoms with E-state index in [4.69, 9.17) is 19.4 Å². The third-order valence-electron chi connectivity index (χ3n) is 8.53. The second kappa shape index (κ2) is 10.2. The molecular weight excluding hydrogens is 550 g/mol. The zero-order valence-corrected chi connectivity index (χ0v) is 24.2. The van der Waals surface area contributed by atoms with E-state index in [-0.39, 0.29) is 0 Å². The molecule has 2 aromatic heterocycles. The summed E-state index contributed by atoms with van der Waals surface area (Å²) in [5, 5.41) is 6.88. The lowest BCUT2D eigenvalue weighted by molar-refractivity contribution is 0.669. The molecule has 0 saturated heterocycles. The molecule has 0 radical (unpaired) electrons. The van der Waals surface area contributed by atoms with Crippen LogP contribution in [0.5, 0.6) is 0 Å². The lowest BCUT2D eigenvalue weighted by Gasteiger charge is -2.13. The van der Waals surface area contributed by atoms with Crippen molar-refractivity contribution < 1.29 is 4.42 Å². The Hall–Kier alpha value is -6.13. The van der Waals surface area contributed by atoms with Crippen molar-refractivity contribution in [2.45, 2.75) is 0 Å². The lowest BCUT2D eigenvalue weighted by Crippen LogP contribution is -2.00. The van der Waals surface area contributed by atoms with Gasteiger partial charge in [0.05, 0.1) is 0 Å². The molecule has 4 nitrogen and oxygen atoms in total. The summed E-state index contributed by atoms with van der Waals surface area (Å²) in [4.78, 5) is 14.9. The highest BCUT2D eigenvalue weighted by atomic mass is 16.3. The fraction of sp³-hybridized carbons (Fsp3) is 0. The van der Waals surface area contributed by atoms with Crippen LogP contribution in [-0.2, 0) is 0 Å². The quantitative estimate of drug-likeness (QED) is 0.209. The number of nitrogens with zero attached hydrogens (tertiary/aromatic N) is 3. The van der Waals surface area contributed by atoms with Gasteiger partial charge in [0.25, 0.3) is 0 Å². The molecule has 0 aliphatic rings. The zero-order chi connectivity index (χ0) is 29.7. The molecule has 0 aliphatic heterocycles. The van der Waals surface area contributed by atoms with Gasteiger partial charge in [-0.1, -0.05) is 127 Å². The first-order valence-corrected chi connectivity index (χ1v) is 15.0. The van der Waals surface area contributed by atoms with Crippen LogP contribution in [0.25, 0.3) is 88.8 Å². The molecule has 0 aliphatic carbocycles. The van der Waals surface area contributed by atoms with Crippen LogP contribution >= 0.6 is 0 Å². The van der Waals surface area contributed by atoms with E-state index in [0.29, 0.717) is 17.5 Å². The Kier molecular flexibility index (Phi) is 5.78. The summed E-state index contributed by atoms with van der Waals surface area (Å²) < 4.78 is 6.21. The van der Waals surface area contributed by atoms with Crippen molar-refractivity contribution in [3.8, 4) is 45.3 Å². The Morgan fingerprint density at radius 2 is 0.911 bits per heavy atom. The third-order valence-corrected chi connectivity index (χ3v) is 8.53. The van der Waals surface area contributed by atoms with Gasteiger partial charge in [0.1, 0.15) is 11.2 Å². The average Bonchev–Trinajstić information content (AvgIpc) is 3.51. The molecule has 0 saturated carbocycles. The second-order valence-corrected chi connectivity index (χ2v) is 11.2. The van der Waals surface area contributed by atoms with Crippen LogP contribution in [-0.4, -0.2) is 15.0 Å². The molecular formula is C41H25N3O. The van der Waals surface area contributed by atoms with Gasteiger partial charge < -0.3 is 4.42 Å². The fourth-order valence-corrected chi connectivity index (χ4v) is 6.39. The first-order chi connectivity index (χ1) is 22.3. The molecule has 9 rings (SSSR count). The first-order valence-electron chi connectivity index (χ1n) is 15.0. The molecule has 0 spiro atoms. The van der Waals surface area contributed by atoms with Crippen molar-refractivity contribution >= 4 is 43.5 Å². The molecule has 0 unspecified atom stereocenters. The molecule has 0 fully saturated rings. The van der Waals surface area contributed by atoms with E-state index < -0.39 is 0 Å². The molecule has 0 bridgehead atoms. The van der Waals surface area contributed by atoms with Crippen LogP contribution < -0.4 is 0 Å². The van der Waals surface area contributed by atoms with Crippen LogP contribution in [0.4, 0.5) is 0 Å². The van der Waals surface area contributed by atoms with Gasteiger partial charge in [0.2, 0.25) is 0 Å². The van der Waals surface area contributed by atoms with Gasteiger partial charge in [-0.05, 0) is 56.9 Å². The maximum atomic E-state index is 6.21. The number of hydrogen-bond donors (Lipinski definition) is 0. The molecule has 4 heteroatoms. The SMILES string of the molecule is c1ccc(-c2nc(-c3ccccc3)nc(-c3ccc(-c4ccc5ccc6oc7ccccc7c6c5c4)c4ccccc34)n2)cc1. The van der Waals surface area contributed by atoms with Crippen molar-refractivity contribution in [1.29, 1.82) is 0 Å². The van der Waals surface area contributed by atoms with Crippen LogP contribution in [0.3, 0.4) is 0 Å². The van der Waals surface area contributed by atoms with Crippen molar-refractivity contribution in [2.24, 2.45) is 0 Å². The van der Waals surface area contributed by atoms with Crippen molar-refractivity contribution in [3.63, 3.8) is 0 Å². The van der Waals surface area contributed by atoms with Crippen LogP contribution in [0.2, 0.25) is 0 Å². The van der Waals surface area contributed by atoms with E-state index in [1.165, 1.54) is 10.8 Å². The van der Waals surface area contributed by atoms with Gasteiger partial charge in [-0.25, -0.2) is 15.0 Å². The van der Waals surface area contributed by atoms with Crippen molar-refractivity contribution in [1.82, 2.24) is 15.0 Å². The summed E-state index contributed by atoms with van der Waals surface area (Å²) in [5.41, 5.74) is 6.98. The van der Waals surface area contributed by atoms with Crippen LogP contribution in [0, 0.1) is 0 Å². The van der Waals surface area contributed by atoms with Crippen molar-refractivity contribution in [3.05, 3.63) is 152 Å². The van der Waals surface area contributed by atoms with Gasteiger partial charge in [0.15, 0.2) is 17.5 Å². The Balaban J connectivity index is 1.25. The number of para-hydroxylation sites is 1. The van der Waals surface area contributed by atoms with Gasteiger partial charge in [0, 0.05) is 27.5 Å². The molecule has 0 amide bonds. The first kappa shape index (κ1) is 25.4. The third kappa shape index (κ3) is 4.27. The summed E-state index contributed by atoms with van der Waals surface area (Å²) in [6, 6.07) is 52.2. The normalized spacial score (nSPS) is 11.6. The predicted octanol–water partition coefficient (Wildman–Crippen LogP) is 10.7. The Labute approximate surface area is 259 Å². The van der Waals surface area contributed by atoms with Gasteiger partial charge in [-0.2, -0.15) is 0 Å². The van der Waals surface area contributed by atoms with E-state index >= 15 is 0 Å².